The largest absolute Gasteiger partial charge is 0.350 e. The Bertz CT molecular complexity index is 815. The van der Waals surface area contributed by atoms with Gasteiger partial charge < -0.3 is 9.84 Å². The van der Waals surface area contributed by atoms with E-state index in [1.165, 1.54) is 0 Å². The van der Waals surface area contributed by atoms with Crippen LogP contribution in [0.4, 0.5) is 0 Å². The van der Waals surface area contributed by atoms with Gasteiger partial charge in [0.2, 0.25) is 17.6 Å². The predicted octanol–water partition coefficient (Wildman–Crippen LogP) is 2.69. The van der Waals surface area contributed by atoms with Crippen molar-refractivity contribution in [2.24, 2.45) is 0 Å². The number of benzene rings is 1. The van der Waals surface area contributed by atoms with E-state index in [0.29, 0.717) is 31.1 Å². The first-order valence-corrected chi connectivity index (χ1v) is 7.77. The van der Waals surface area contributed by atoms with Crippen LogP contribution in [0.25, 0.3) is 11.4 Å². The van der Waals surface area contributed by atoms with Gasteiger partial charge in [0.25, 0.3) is 0 Å². The van der Waals surface area contributed by atoms with Crippen molar-refractivity contribution in [1.29, 1.82) is 0 Å². The van der Waals surface area contributed by atoms with Crippen LogP contribution in [0, 0.1) is 6.92 Å². The molecule has 1 N–H and O–H groups in total. The van der Waals surface area contributed by atoms with E-state index in [2.05, 4.69) is 20.4 Å². The highest BCUT2D eigenvalue weighted by molar-refractivity contribution is 5.76. The second kappa shape index (κ2) is 7.50. The summed E-state index contributed by atoms with van der Waals surface area (Å²) in [6.45, 7) is 2.41. The number of aromatic nitrogens is 3. The van der Waals surface area contributed by atoms with Crippen LogP contribution in [-0.4, -0.2) is 21.0 Å². The lowest BCUT2D eigenvalue weighted by atomic mass is 10.1. The predicted molar refractivity (Wildman–Crippen MR) is 88.9 cm³/mol. The van der Waals surface area contributed by atoms with Gasteiger partial charge in [0.05, 0.1) is 12.2 Å². The van der Waals surface area contributed by atoms with Crippen LogP contribution in [-0.2, 0) is 17.8 Å². The summed E-state index contributed by atoms with van der Waals surface area (Å²) >= 11 is 0. The molecule has 2 aromatic heterocycles. The Morgan fingerprint density at radius 1 is 1.17 bits per heavy atom. The van der Waals surface area contributed by atoms with Crippen LogP contribution in [0.1, 0.15) is 23.6 Å². The molecule has 1 amide bonds. The first kappa shape index (κ1) is 15.9. The molecule has 122 valence electrons. The van der Waals surface area contributed by atoms with Gasteiger partial charge in [0, 0.05) is 24.6 Å². The highest BCUT2D eigenvalue weighted by Crippen LogP contribution is 2.20. The molecule has 0 fully saturated rings. The second-order valence-electron chi connectivity index (χ2n) is 5.42. The fraction of sp³-hybridized carbons (Fsp3) is 0.222. The highest BCUT2D eigenvalue weighted by Gasteiger charge is 2.12. The molecule has 0 atom stereocenters. The molecule has 0 aliphatic rings. The van der Waals surface area contributed by atoms with Crippen molar-refractivity contribution in [3.8, 4) is 11.4 Å². The third kappa shape index (κ3) is 4.04. The minimum atomic E-state index is -0.0729. The number of nitrogens with zero attached hydrogens (tertiary/aromatic N) is 3. The summed E-state index contributed by atoms with van der Waals surface area (Å²) in [4.78, 5) is 20.4. The van der Waals surface area contributed by atoms with E-state index in [1.807, 2.05) is 49.4 Å². The summed E-state index contributed by atoms with van der Waals surface area (Å²) in [6, 6.07) is 13.4. The maximum atomic E-state index is 11.9. The molecule has 0 saturated heterocycles. The van der Waals surface area contributed by atoms with Gasteiger partial charge >= 0.3 is 0 Å². The summed E-state index contributed by atoms with van der Waals surface area (Å²) in [5.74, 6) is 0.939. The van der Waals surface area contributed by atoms with Crippen molar-refractivity contribution in [2.45, 2.75) is 26.3 Å². The molecule has 2 heterocycles. The van der Waals surface area contributed by atoms with Gasteiger partial charge in [-0.2, -0.15) is 4.98 Å². The topological polar surface area (TPSA) is 80.9 Å². The molecule has 3 aromatic rings. The average Bonchev–Trinajstić information content (AvgIpc) is 3.08. The maximum absolute atomic E-state index is 11.9. The molecule has 3 rings (SSSR count). The lowest BCUT2D eigenvalue weighted by molar-refractivity contribution is -0.121. The van der Waals surface area contributed by atoms with E-state index in [-0.39, 0.29) is 5.91 Å². The minimum Gasteiger partial charge on any atom is -0.350 e. The summed E-state index contributed by atoms with van der Waals surface area (Å²) in [7, 11) is 0. The molecule has 0 radical (unpaired) electrons. The smallest absolute Gasteiger partial charge is 0.227 e. The fourth-order valence-electron chi connectivity index (χ4n) is 2.29. The Morgan fingerprint density at radius 2 is 2.00 bits per heavy atom. The molecule has 1 aromatic carbocycles. The van der Waals surface area contributed by atoms with E-state index in [0.717, 1.165) is 16.8 Å². The van der Waals surface area contributed by atoms with Crippen LogP contribution >= 0.6 is 0 Å². The van der Waals surface area contributed by atoms with Gasteiger partial charge in [-0.15, -0.1) is 0 Å². The molecular formula is C18H18N4O2. The Balaban J connectivity index is 1.52. The number of aryl methyl sites for hydroxylation is 2. The summed E-state index contributed by atoms with van der Waals surface area (Å²) in [5.41, 5.74) is 2.84. The van der Waals surface area contributed by atoms with Gasteiger partial charge in [-0.1, -0.05) is 35.5 Å². The molecule has 0 spiro atoms. The average molecular weight is 322 g/mol. The monoisotopic (exact) mass is 322 g/mol. The lowest BCUT2D eigenvalue weighted by Crippen LogP contribution is -2.23. The number of pyridine rings is 1. The molecule has 0 bridgehead atoms. The van der Waals surface area contributed by atoms with Crippen LogP contribution < -0.4 is 5.32 Å². The Hall–Kier alpha value is -3.02. The zero-order valence-corrected chi connectivity index (χ0v) is 13.4. The third-order valence-corrected chi connectivity index (χ3v) is 3.61. The minimum absolute atomic E-state index is 0.0729. The lowest BCUT2D eigenvalue weighted by Gasteiger charge is -2.03. The molecule has 0 aliphatic heterocycles. The quantitative estimate of drug-likeness (QED) is 0.754. The van der Waals surface area contributed by atoms with E-state index < -0.39 is 0 Å². The Kier molecular flexibility index (Phi) is 4.96. The normalized spacial score (nSPS) is 10.5. The number of hydrogen-bond acceptors (Lipinski definition) is 5. The van der Waals surface area contributed by atoms with Crippen molar-refractivity contribution >= 4 is 5.91 Å². The van der Waals surface area contributed by atoms with Crippen molar-refractivity contribution in [2.75, 3.05) is 0 Å². The standard InChI is InChI=1S/C18H18N4O2/c1-13-6-2-3-8-15(13)18-21-17(24-22-18)10-9-16(23)20-12-14-7-4-5-11-19-14/h2-8,11H,9-10,12H2,1H3,(H,20,23). The first-order chi connectivity index (χ1) is 11.7. The summed E-state index contributed by atoms with van der Waals surface area (Å²) < 4.78 is 5.23. The van der Waals surface area contributed by atoms with Gasteiger partial charge in [-0.25, -0.2) is 0 Å². The fourth-order valence-corrected chi connectivity index (χ4v) is 2.29. The third-order valence-electron chi connectivity index (χ3n) is 3.61. The zero-order valence-electron chi connectivity index (χ0n) is 13.4. The second-order valence-corrected chi connectivity index (χ2v) is 5.42. The molecule has 0 aliphatic carbocycles. The highest BCUT2D eigenvalue weighted by atomic mass is 16.5. The van der Waals surface area contributed by atoms with Crippen molar-refractivity contribution in [1.82, 2.24) is 20.4 Å². The SMILES string of the molecule is Cc1ccccc1-c1noc(CCC(=O)NCc2ccccn2)n1. The van der Waals surface area contributed by atoms with Gasteiger partial charge in [-0.05, 0) is 24.6 Å². The Morgan fingerprint density at radius 3 is 2.79 bits per heavy atom. The van der Waals surface area contributed by atoms with Crippen LogP contribution in [0.5, 0.6) is 0 Å². The number of rotatable bonds is 6. The zero-order chi connectivity index (χ0) is 16.8. The number of amides is 1. The Labute approximate surface area is 139 Å². The molecule has 6 heteroatoms. The van der Waals surface area contributed by atoms with Gasteiger partial charge in [0.15, 0.2) is 0 Å². The summed E-state index contributed by atoms with van der Waals surface area (Å²) in [6.07, 6.45) is 2.40. The molecular weight excluding hydrogens is 304 g/mol. The van der Waals surface area contributed by atoms with E-state index in [9.17, 15) is 4.79 Å². The first-order valence-electron chi connectivity index (χ1n) is 7.77. The van der Waals surface area contributed by atoms with E-state index >= 15 is 0 Å². The van der Waals surface area contributed by atoms with Crippen LogP contribution in [0.3, 0.4) is 0 Å². The number of carbonyl (C=O) groups excluding carboxylic acids is 1. The number of carbonyl (C=O) groups is 1. The maximum Gasteiger partial charge on any atom is 0.227 e. The number of nitrogens with one attached hydrogen (secondary N) is 1. The molecule has 24 heavy (non-hydrogen) atoms. The van der Waals surface area contributed by atoms with Crippen molar-refractivity contribution in [3.63, 3.8) is 0 Å². The molecule has 6 nitrogen and oxygen atoms in total. The van der Waals surface area contributed by atoms with Gasteiger partial charge in [-0.3, -0.25) is 9.78 Å². The van der Waals surface area contributed by atoms with E-state index in [1.54, 1.807) is 6.20 Å². The van der Waals surface area contributed by atoms with E-state index in [4.69, 9.17) is 4.52 Å². The summed E-state index contributed by atoms with van der Waals surface area (Å²) in [5, 5.41) is 6.82. The van der Waals surface area contributed by atoms with Crippen molar-refractivity contribution < 1.29 is 9.32 Å². The van der Waals surface area contributed by atoms with Crippen LogP contribution in [0.2, 0.25) is 0 Å². The molecule has 0 saturated carbocycles. The van der Waals surface area contributed by atoms with Crippen LogP contribution in [0.15, 0.2) is 53.2 Å². The molecule has 0 unspecified atom stereocenters. The van der Waals surface area contributed by atoms with Crippen molar-refractivity contribution in [3.05, 3.63) is 65.8 Å². The van der Waals surface area contributed by atoms with Gasteiger partial charge in [0.1, 0.15) is 0 Å². The number of hydrogen-bond donors (Lipinski definition) is 1.